The van der Waals surface area contributed by atoms with E-state index in [9.17, 15) is 10.1 Å². The molecule has 1 aromatic rings. The molecule has 0 radical (unpaired) electrons. The van der Waals surface area contributed by atoms with Gasteiger partial charge in [-0.3, -0.25) is 0 Å². The summed E-state index contributed by atoms with van der Waals surface area (Å²) in [5, 5.41) is 10.5. The van der Waals surface area contributed by atoms with Gasteiger partial charge in [0.1, 0.15) is 0 Å². The number of aromatic nitrogens is 1. The lowest BCUT2D eigenvalue weighted by atomic mass is 10.4. The first-order chi connectivity index (χ1) is 6.15. The molecule has 5 nitrogen and oxygen atoms in total. The number of ether oxygens (including phenoxy) is 1. The van der Waals surface area contributed by atoms with Gasteiger partial charge in [0.25, 0.3) is 0 Å². The summed E-state index contributed by atoms with van der Waals surface area (Å²) in [4.78, 5) is 13.6. The maximum Gasteiger partial charge on any atom is 0.407 e. The van der Waals surface area contributed by atoms with Crippen LogP contribution in [0.25, 0.3) is 0 Å². The molecule has 0 unspecified atom stereocenters. The summed E-state index contributed by atoms with van der Waals surface area (Å²) in [6.45, 7) is 2.13. The summed E-state index contributed by atoms with van der Waals surface area (Å²) < 4.78 is 5.45. The molecule has 0 fully saturated rings. The van der Waals surface area contributed by atoms with Gasteiger partial charge >= 0.3 is 5.82 Å². The SMILES string of the molecule is CCOc1ccc(Br)nc1[N+](=O)[O-]. The Bertz CT molecular complexity index is 330. The van der Waals surface area contributed by atoms with Crippen molar-refractivity contribution in [2.75, 3.05) is 6.61 Å². The summed E-state index contributed by atoms with van der Waals surface area (Å²) >= 11 is 3.04. The molecule has 70 valence electrons. The first-order valence-electron chi connectivity index (χ1n) is 3.59. The van der Waals surface area contributed by atoms with Crippen molar-refractivity contribution in [1.29, 1.82) is 0 Å². The van der Waals surface area contributed by atoms with Crippen LogP contribution in [0, 0.1) is 10.1 Å². The van der Waals surface area contributed by atoms with Crippen molar-refractivity contribution in [3.8, 4) is 5.75 Å². The molecule has 0 bridgehead atoms. The Morgan fingerprint density at radius 3 is 2.92 bits per heavy atom. The van der Waals surface area contributed by atoms with Crippen molar-refractivity contribution >= 4 is 21.7 Å². The standard InChI is InChI=1S/C7H7BrN2O3/c1-2-13-5-3-4-6(8)9-7(5)10(11)12/h3-4H,2H2,1H3. The predicted molar refractivity (Wildman–Crippen MR) is 49.8 cm³/mol. The molecule has 0 amide bonds. The minimum absolute atomic E-state index is 0.190. The Labute approximate surface area is 83.0 Å². The highest BCUT2D eigenvalue weighted by molar-refractivity contribution is 9.10. The van der Waals surface area contributed by atoms with E-state index in [0.717, 1.165) is 0 Å². The van der Waals surface area contributed by atoms with Gasteiger partial charge in [-0.05, 0) is 22.9 Å². The van der Waals surface area contributed by atoms with E-state index in [1.807, 2.05) is 0 Å². The molecule has 0 spiro atoms. The molecule has 0 aliphatic carbocycles. The predicted octanol–water partition coefficient (Wildman–Crippen LogP) is 2.15. The molecule has 0 saturated heterocycles. The highest BCUT2D eigenvalue weighted by Gasteiger charge is 2.17. The maximum atomic E-state index is 10.5. The van der Waals surface area contributed by atoms with Gasteiger partial charge < -0.3 is 14.9 Å². The summed E-state index contributed by atoms with van der Waals surface area (Å²) in [7, 11) is 0. The molecule has 0 aliphatic rings. The summed E-state index contributed by atoms with van der Waals surface area (Å²) in [6, 6.07) is 3.11. The molecule has 0 aromatic carbocycles. The molecular weight excluding hydrogens is 240 g/mol. The van der Waals surface area contributed by atoms with Gasteiger partial charge in [0, 0.05) is 22.0 Å². The zero-order valence-corrected chi connectivity index (χ0v) is 8.44. The molecule has 0 aliphatic heterocycles. The fraction of sp³-hybridized carbons (Fsp3) is 0.286. The first kappa shape index (κ1) is 9.91. The van der Waals surface area contributed by atoms with Crippen molar-refractivity contribution < 1.29 is 9.66 Å². The smallest absolute Gasteiger partial charge is 0.407 e. The number of hydrogen-bond acceptors (Lipinski definition) is 4. The van der Waals surface area contributed by atoms with Crippen molar-refractivity contribution in [2.24, 2.45) is 0 Å². The third-order valence-corrected chi connectivity index (χ3v) is 1.72. The van der Waals surface area contributed by atoms with E-state index in [4.69, 9.17) is 4.74 Å². The van der Waals surface area contributed by atoms with Gasteiger partial charge in [-0.25, -0.2) is 0 Å². The monoisotopic (exact) mass is 246 g/mol. The van der Waals surface area contributed by atoms with Gasteiger partial charge in [-0.1, -0.05) is 0 Å². The van der Waals surface area contributed by atoms with Crippen LogP contribution in [0.4, 0.5) is 5.82 Å². The molecule has 13 heavy (non-hydrogen) atoms. The minimum Gasteiger partial charge on any atom is -0.486 e. The fourth-order valence-electron chi connectivity index (χ4n) is 0.811. The summed E-state index contributed by atoms with van der Waals surface area (Å²) in [5.41, 5.74) is 0. The van der Waals surface area contributed by atoms with E-state index in [-0.39, 0.29) is 11.6 Å². The Kier molecular flexibility index (Phi) is 3.18. The Morgan fingerprint density at radius 1 is 1.69 bits per heavy atom. The molecule has 1 heterocycles. The van der Waals surface area contributed by atoms with Gasteiger partial charge in [0.05, 0.1) is 6.61 Å². The molecule has 1 rings (SSSR count). The van der Waals surface area contributed by atoms with Crippen molar-refractivity contribution in [3.05, 3.63) is 26.9 Å². The van der Waals surface area contributed by atoms with Gasteiger partial charge in [0.2, 0.25) is 10.4 Å². The second-order valence-electron chi connectivity index (χ2n) is 2.15. The maximum absolute atomic E-state index is 10.5. The number of hydrogen-bond donors (Lipinski definition) is 0. The lowest BCUT2D eigenvalue weighted by Gasteiger charge is -2.02. The summed E-state index contributed by atoms with van der Waals surface area (Å²) in [6.07, 6.45) is 0. The summed E-state index contributed by atoms with van der Waals surface area (Å²) in [5.74, 6) is -0.0769. The topological polar surface area (TPSA) is 65.3 Å². The normalized spacial score (nSPS) is 9.69. The third kappa shape index (κ3) is 2.38. The minimum atomic E-state index is -0.574. The molecule has 1 aromatic heterocycles. The third-order valence-electron chi connectivity index (χ3n) is 1.28. The van der Waals surface area contributed by atoms with Crippen LogP contribution in [0.2, 0.25) is 0 Å². The van der Waals surface area contributed by atoms with Gasteiger partial charge in [0.15, 0.2) is 0 Å². The van der Waals surface area contributed by atoms with Crippen molar-refractivity contribution in [2.45, 2.75) is 6.92 Å². The number of nitro groups is 1. The zero-order chi connectivity index (χ0) is 9.84. The number of rotatable bonds is 3. The molecule has 6 heteroatoms. The van der Waals surface area contributed by atoms with Gasteiger partial charge in [-0.2, -0.15) is 0 Å². The second kappa shape index (κ2) is 4.18. The molecular formula is C7H7BrN2O3. The number of pyridine rings is 1. The molecule has 0 atom stereocenters. The van der Waals surface area contributed by atoms with Crippen LogP contribution in [0.1, 0.15) is 6.92 Å². The highest BCUT2D eigenvalue weighted by Crippen LogP contribution is 2.26. The first-order valence-corrected chi connectivity index (χ1v) is 4.38. The van der Waals surface area contributed by atoms with Crippen LogP contribution >= 0.6 is 15.9 Å². The lowest BCUT2D eigenvalue weighted by Crippen LogP contribution is -1.99. The second-order valence-corrected chi connectivity index (χ2v) is 2.96. The zero-order valence-electron chi connectivity index (χ0n) is 6.86. The Hall–Kier alpha value is -1.17. The van der Waals surface area contributed by atoms with Crippen LogP contribution < -0.4 is 4.74 Å². The molecule has 0 N–H and O–H groups in total. The van der Waals surface area contributed by atoms with Crippen molar-refractivity contribution in [1.82, 2.24) is 4.98 Å². The number of halogens is 1. The highest BCUT2D eigenvalue weighted by atomic mass is 79.9. The van der Waals surface area contributed by atoms with Crippen LogP contribution in [-0.2, 0) is 0 Å². The van der Waals surface area contributed by atoms with Crippen LogP contribution in [-0.4, -0.2) is 16.5 Å². The largest absolute Gasteiger partial charge is 0.486 e. The van der Waals surface area contributed by atoms with E-state index in [1.165, 1.54) is 6.07 Å². The lowest BCUT2D eigenvalue weighted by molar-refractivity contribution is -0.390. The average Bonchev–Trinajstić information content (AvgIpc) is 2.08. The number of nitrogens with zero attached hydrogens (tertiary/aromatic N) is 2. The van der Waals surface area contributed by atoms with E-state index in [1.54, 1.807) is 13.0 Å². The van der Waals surface area contributed by atoms with E-state index in [0.29, 0.717) is 11.2 Å². The Morgan fingerprint density at radius 2 is 2.38 bits per heavy atom. The Balaban J connectivity index is 3.10. The van der Waals surface area contributed by atoms with Crippen LogP contribution in [0.5, 0.6) is 5.75 Å². The van der Waals surface area contributed by atoms with Crippen molar-refractivity contribution in [3.63, 3.8) is 0 Å². The quantitative estimate of drug-likeness (QED) is 0.466. The average molecular weight is 247 g/mol. The van der Waals surface area contributed by atoms with E-state index >= 15 is 0 Å². The van der Waals surface area contributed by atoms with Gasteiger partial charge in [-0.15, -0.1) is 0 Å². The van der Waals surface area contributed by atoms with Crippen LogP contribution in [0.3, 0.4) is 0 Å². The van der Waals surface area contributed by atoms with Crippen LogP contribution in [0.15, 0.2) is 16.7 Å². The van der Waals surface area contributed by atoms with E-state index < -0.39 is 4.92 Å². The molecule has 0 saturated carbocycles. The fourth-order valence-corrected chi connectivity index (χ4v) is 1.11. The van der Waals surface area contributed by atoms with E-state index in [2.05, 4.69) is 20.9 Å².